The lowest BCUT2D eigenvalue weighted by Crippen LogP contribution is -2.51. The third kappa shape index (κ3) is 7.03. The summed E-state index contributed by atoms with van der Waals surface area (Å²) < 4.78 is 58.8. The first-order valence-corrected chi connectivity index (χ1v) is 15.7. The van der Waals surface area contributed by atoms with Crippen LogP contribution in [-0.4, -0.2) is 58.8 Å². The second-order valence-electron chi connectivity index (χ2n) is 13.2. The Bertz CT molecular complexity index is 1680. The van der Waals surface area contributed by atoms with E-state index in [1.54, 1.807) is 36.4 Å². The van der Waals surface area contributed by atoms with Crippen LogP contribution in [0.2, 0.25) is 0 Å². The number of pyridine rings is 1. The minimum absolute atomic E-state index is 0.0198. The number of ether oxygens (including phenoxy) is 3. The highest BCUT2D eigenvalue weighted by Crippen LogP contribution is 2.52. The van der Waals surface area contributed by atoms with Crippen LogP contribution in [0.3, 0.4) is 0 Å². The molecule has 254 valence electrons. The summed E-state index contributed by atoms with van der Waals surface area (Å²) in [6, 6.07) is 14.8. The Morgan fingerprint density at radius 1 is 1.10 bits per heavy atom. The topological polar surface area (TPSA) is 122 Å². The Morgan fingerprint density at radius 3 is 2.40 bits per heavy atom. The van der Waals surface area contributed by atoms with Crippen molar-refractivity contribution in [2.45, 2.75) is 77.1 Å². The predicted octanol–water partition coefficient (Wildman–Crippen LogP) is 6.80. The largest absolute Gasteiger partial charge is 0.481 e. The van der Waals surface area contributed by atoms with Gasteiger partial charge in [0.2, 0.25) is 5.88 Å². The fourth-order valence-electron chi connectivity index (χ4n) is 6.89. The van der Waals surface area contributed by atoms with Crippen molar-refractivity contribution in [2.75, 3.05) is 13.7 Å². The quantitative estimate of drug-likeness (QED) is 0.279. The maximum Gasteiger partial charge on any atom is 0.417 e. The fourth-order valence-corrected chi connectivity index (χ4v) is 6.89. The number of carbonyl (C=O) groups is 2. The number of alkyl halides is 3. The number of nitriles is 1. The Balaban J connectivity index is 1.70. The molecule has 12 heteroatoms. The molecule has 0 unspecified atom stereocenters. The van der Waals surface area contributed by atoms with E-state index in [9.17, 15) is 33.1 Å². The number of aromatic nitrogens is 1. The molecular weight excluding hydrogens is 627 g/mol. The lowest BCUT2D eigenvalue weighted by molar-refractivity contribution is -0.159. The average molecular weight is 666 g/mol. The van der Waals surface area contributed by atoms with Gasteiger partial charge in [-0.1, -0.05) is 57.2 Å². The number of carbonyl (C=O) groups excluding carboxylic acids is 1. The Hall–Kier alpha value is -4.47. The summed E-state index contributed by atoms with van der Waals surface area (Å²) >= 11 is 0. The van der Waals surface area contributed by atoms with Gasteiger partial charge in [0.15, 0.2) is 0 Å². The zero-order valence-corrected chi connectivity index (χ0v) is 27.2. The molecule has 0 aliphatic carbocycles. The molecule has 5 atom stereocenters. The van der Waals surface area contributed by atoms with Crippen molar-refractivity contribution in [1.82, 2.24) is 9.88 Å². The number of nitrogens with zero attached hydrogens (tertiary/aromatic N) is 3. The van der Waals surface area contributed by atoms with Gasteiger partial charge in [-0.2, -0.15) is 18.4 Å². The summed E-state index contributed by atoms with van der Waals surface area (Å²) in [4.78, 5) is 32.9. The Labute approximate surface area is 277 Å². The lowest BCUT2D eigenvalue weighted by Gasteiger charge is -2.35. The summed E-state index contributed by atoms with van der Waals surface area (Å²) in [5, 5.41) is 20.2. The van der Waals surface area contributed by atoms with Crippen LogP contribution >= 0.6 is 0 Å². The molecule has 2 aliphatic rings. The number of amides is 1. The number of carboxylic acid groups (broad SMARTS) is 1. The number of rotatable bonds is 8. The number of methoxy groups -OCH3 is 1. The molecule has 0 bridgehead atoms. The van der Waals surface area contributed by atoms with Crippen molar-refractivity contribution < 1.29 is 42.1 Å². The molecule has 1 aromatic heterocycles. The van der Waals surface area contributed by atoms with Crippen molar-refractivity contribution in [3.05, 3.63) is 83.0 Å². The smallest absolute Gasteiger partial charge is 0.417 e. The van der Waals surface area contributed by atoms with Gasteiger partial charge < -0.3 is 24.2 Å². The molecule has 1 amide bonds. The number of aliphatic carboxylic acids is 1. The third-order valence-corrected chi connectivity index (χ3v) is 9.05. The van der Waals surface area contributed by atoms with E-state index < -0.39 is 65.8 Å². The van der Waals surface area contributed by atoms with Crippen LogP contribution in [-0.2, 0) is 31.8 Å². The van der Waals surface area contributed by atoms with Gasteiger partial charge in [-0.25, -0.2) is 9.78 Å². The number of halogens is 3. The zero-order chi connectivity index (χ0) is 34.8. The van der Waals surface area contributed by atoms with Crippen LogP contribution < -0.4 is 4.74 Å². The van der Waals surface area contributed by atoms with Gasteiger partial charge in [0, 0.05) is 24.3 Å². The average Bonchev–Trinajstić information content (AvgIpc) is 3.43. The van der Waals surface area contributed by atoms with E-state index in [0.717, 1.165) is 24.5 Å². The van der Waals surface area contributed by atoms with E-state index in [1.807, 2.05) is 32.9 Å². The van der Waals surface area contributed by atoms with Crippen LogP contribution in [0.25, 0.3) is 11.1 Å². The summed E-state index contributed by atoms with van der Waals surface area (Å²) in [6.07, 6.45) is -3.92. The van der Waals surface area contributed by atoms with Gasteiger partial charge in [0.05, 0.1) is 43.1 Å². The monoisotopic (exact) mass is 665 g/mol. The highest BCUT2D eigenvalue weighted by atomic mass is 19.4. The standard InChI is InChI=1S/C36H38F3N3O6/c1-35(2,3)28-30(34(44)45)42(33(43)27-11-7-8-16-47-27)29(26-10-6-5-9-25(26)22-14-12-21(18-40)13-15-22)31(28)48-20-23-17-24(36(37,38)39)19-41-32(23)46-4/h5-6,9-10,12-15,17,19,27-31H,7-8,11,16,20H2,1-4H3,(H,44,45)/t27-,28+,29-,30-,31-/m0/s1. The van der Waals surface area contributed by atoms with Crippen LogP contribution in [0.1, 0.15) is 68.3 Å². The van der Waals surface area contributed by atoms with Crippen molar-refractivity contribution in [2.24, 2.45) is 11.3 Å². The van der Waals surface area contributed by atoms with Crippen molar-refractivity contribution in [1.29, 1.82) is 5.26 Å². The van der Waals surface area contributed by atoms with Crippen molar-refractivity contribution >= 4 is 11.9 Å². The van der Waals surface area contributed by atoms with Gasteiger partial charge in [0.25, 0.3) is 5.91 Å². The Morgan fingerprint density at radius 2 is 1.81 bits per heavy atom. The minimum Gasteiger partial charge on any atom is -0.481 e. The van der Waals surface area contributed by atoms with Crippen LogP contribution in [0, 0.1) is 22.7 Å². The van der Waals surface area contributed by atoms with Gasteiger partial charge in [-0.05, 0) is 59.6 Å². The van der Waals surface area contributed by atoms with Gasteiger partial charge in [0.1, 0.15) is 12.1 Å². The molecule has 48 heavy (non-hydrogen) atoms. The van der Waals surface area contributed by atoms with Crippen molar-refractivity contribution in [3.8, 4) is 23.1 Å². The maximum absolute atomic E-state index is 14.5. The highest BCUT2D eigenvalue weighted by molar-refractivity contribution is 5.89. The third-order valence-electron chi connectivity index (χ3n) is 9.05. The van der Waals surface area contributed by atoms with Gasteiger partial charge >= 0.3 is 12.1 Å². The lowest BCUT2D eigenvalue weighted by atomic mass is 9.73. The summed E-state index contributed by atoms with van der Waals surface area (Å²) in [5.74, 6) is -2.60. The molecule has 3 aromatic rings. The molecule has 1 N–H and O–H groups in total. The molecular formula is C36H38F3N3O6. The summed E-state index contributed by atoms with van der Waals surface area (Å²) in [7, 11) is 1.29. The molecule has 0 radical (unpaired) electrons. The van der Waals surface area contributed by atoms with Crippen LogP contribution in [0.5, 0.6) is 5.88 Å². The Kier molecular flexibility index (Phi) is 10.1. The van der Waals surface area contributed by atoms with Gasteiger partial charge in [-0.15, -0.1) is 0 Å². The second kappa shape index (κ2) is 13.9. The molecule has 5 rings (SSSR count). The first-order valence-electron chi connectivity index (χ1n) is 15.7. The molecule has 2 aliphatic heterocycles. The fraction of sp³-hybridized carbons (Fsp3) is 0.444. The number of hydrogen-bond acceptors (Lipinski definition) is 7. The first-order chi connectivity index (χ1) is 22.8. The molecule has 0 spiro atoms. The SMILES string of the molecule is COc1ncc(C(F)(F)F)cc1CO[C@H]1[C@H](C(C)(C)C)[C@@H](C(=O)O)N(C(=O)[C@@H]2CCCCO2)[C@H]1c1ccccc1-c1ccc(C#N)cc1. The number of hydrogen-bond donors (Lipinski definition) is 1. The normalized spacial score (nSPS) is 23.0. The summed E-state index contributed by atoms with van der Waals surface area (Å²) in [5.41, 5.74) is 0.716. The second-order valence-corrected chi connectivity index (χ2v) is 13.2. The molecule has 2 fully saturated rings. The number of carboxylic acids is 1. The number of likely N-dealkylation sites (tertiary alicyclic amines) is 1. The first kappa shape index (κ1) is 34.9. The maximum atomic E-state index is 14.5. The van der Waals surface area contributed by atoms with E-state index >= 15 is 0 Å². The number of benzene rings is 2. The molecule has 3 heterocycles. The summed E-state index contributed by atoms with van der Waals surface area (Å²) in [6.45, 7) is 5.52. The zero-order valence-electron chi connectivity index (χ0n) is 27.2. The van der Waals surface area contributed by atoms with E-state index in [0.29, 0.717) is 35.9 Å². The van der Waals surface area contributed by atoms with E-state index in [4.69, 9.17) is 14.2 Å². The van der Waals surface area contributed by atoms with E-state index in [-0.39, 0.29) is 11.4 Å². The highest BCUT2D eigenvalue weighted by Gasteiger charge is 2.60. The van der Waals surface area contributed by atoms with E-state index in [1.165, 1.54) is 12.0 Å². The molecule has 9 nitrogen and oxygen atoms in total. The van der Waals surface area contributed by atoms with Crippen LogP contribution in [0.15, 0.2) is 60.8 Å². The van der Waals surface area contributed by atoms with Crippen molar-refractivity contribution in [3.63, 3.8) is 0 Å². The molecule has 2 saturated heterocycles. The predicted molar refractivity (Wildman–Crippen MR) is 169 cm³/mol. The molecule has 2 aromatic carbocycles. The minimum atomic E-state index is -4.67. The van der Waals surface area contributed by atoms with Gasteiger partial charge in [-0.3, -0.25) is 4.79 Å². The van der Waals surface area contributed by atoms with Crippen LogP contribution in [0.4, 0.5) is 13.2 Å². The van der Waals surface area contributed by atoms with E-state index in [2.05, 4.69) is 11.1 Å². The molecule has 0 saturated carbocycles.